The van der Waals surface area contributed by atoms with E-state index >= 15 is 0 Å². The van der Waals surface area contributed by atoms with Crippen molar-refractivity contribution in [3.8, 4) is 6.07 Å². The van der Waals surface area contributed by atoms with E-state index in [1.807, 2.05) is 43.3 Å². The van der Waals surface area contributed by atoms with Crippen molar-refractivity contribution in [1.82, 2.24) is 4.90 Å². The normalized spacial score (nSPS) is 10.9. The Balaban J connectivity index is 2.14. The number of nitrogens with zero attached hydrogens (tertiary/aromatic N) is 3. The molecule has 6 nitrogen and oxygen atoms in total. The van der Waals surface area contributed by atoms with E-state index in [9.17, 15) is 18.5 Å². The Kier molecular flexibility index (Phi) is 6.97. The van der Waals surface area contributed by atoms with E-state index in [4.69, 9.17) is 0 Å². The van der Waals surface area contributed by atoms with E-state index in [0.717, 1.165) is 16.1 Å². The van der Waals surface area contributed by atoms with Crippen molar-refractivity contribution >= 4 is 21.6 Å². The lowest BCUT2D eigenvalue weighted by atomic mass is 10.2. The molecule has 0 unspecified atom stereocenters. The Morgan fingerprint density at radius 1 is 1.07 bits per heavy atom. The van der Waals surface area contributed by atoms with Crippen LogP contribution in [0.5, 0.6) is 0 Å². The molecule has 142 valence electrons. The van der Waals surface area contributed by atoms with Gasteiger partial charge in [0.15, 0.2) is 0 Å². The molecule has 2 aromatic rings. The molecule has 0 aromatic heterocycles. The van der Waals surface area contributed by atoms with Crippen LogP contribution >= 0.6 is 0 Å². The van der Waals surface area contributed by atoms with E-state index in [2.05, 4.69) is 0 Å². The lowest BCUT2D eigenvalue weighted by Crippen LogP contribution is -2.37. The number of hydrogen-bond donors (Lipinski definition) is 0. The quantitative estimate of drug-likeness (QED) is 0.700. The molecule has 0 aliphatic rings. The van der Waals surface area contributed by atoms with Crippen molar-refractivity contribution in [3.63, 3.8) is 0 Å². The summed E-state index contributed by atoms with van der Waals surface area (Å²) in [5.74, 6) is -0.135. The number of sulfonamides is 1. The number of rotatable bonds is 8. The molecule has 0 saturated heterocycles. The largest absolute Gasteiger partial charge is 0.339 e. The number of nitriles is 1. The van der Waals surface area contributed by atoms with Crippen LogP contribution in [0.1, 0.15) is 24.5 Å². The van der Waals surface area contributed by atoms with Gasteiger partial charge in [-0.25, -0.2) is 8.42 Å². The van der Waals surface area contributed by atoms with Gasteiger partial charge < -0.3 is 4.90 Å². The van der Waals surface area contributed by atoms with Gasteiger partial charge in [0.25, 0.3) is 0 Å². The minimum atomic E-state index is -3.63. The number of para-hydroxylation sites is 1. The van der Waals surface area contributed by atoms with Gasteiger partial charge in [-0.05, 0) is 24.6 Å². The molecule has 0 aliphatic carbocycles. The molecule has 2 aromatic carbocycles. The van der Waals surface area contributed by atoms with Crippen LogP contribution < -0.4 is 4.31 Å². The van der Waals surface area contributed by atoms with Gasteiger partial charge in [0.2, 0.25) is 15.9 Å². The highest BCUT2D eigenvalue weighted by Crippen LogP contribution is 2.22. The van der Waals surface area contributed by atoms with Crippen LogP contribution in [-0.4, -0.2) is 38.6 Å². The zero-order valence-electron chi connectivity index (χ0n) is 15.5. The van der Waals surface area contributed by atoms with E-state index < -0.39 is 10.0 Å². The molecule has 1 amide bonds. The minimum Gasteiger partial charge on any atom is -0.339 e. The highest BCUT2D eigenvalue weighted by Gasteiger charge is 2.22. The van der Waals surface area contributed by atoms with Gasteiger partial charge in [-0.3, -0.25) is 9.10 Å². The summed E-state index contributed by atoms with van der Waals surface area (Å²) < 4.78 is 25.6. The number of amides is 1. The van der Waals surface area contributed by atoms with Gasteiger partial charge in [-0.2, -0.15) is 5.26 Å². The fraction of sp³-hybridized carbons (Fsp3) is 0.300. The zero-order valence-corrected chi connectivity index (χ0v) is 16.3. The first-order valence-corrected chi connectivity index (χ1v) is 10.5. The summed E-state index contributed by atoms with van der Waals surface area (Å²) in [6.45, 7) is 2.88. The maximum absolute atomic E-state index is 12.6. The van der Waals surface area contributed by atoms with E-state index in [-0.39, 0.29) is 24.4 Å². The molecule has 0 saturated carbocycles. The Morgan fingerprint density at radius 3 is 2.30 bits per heavy atom. The fourth-order valence-electron chi connectivity index (χ4n) is 2.79. The zero-order chi connectivity index (χ0) is 19.9. The molecular weight excluding hydrogens is 362 g/mol. The molecule has 7 heteroatoms. The summed E-state index contributed by atoms with van der Waals surface area (Å²) >= 11 is 0. The van der Waals surface area contributed by atoms with E-state index in [0.29, 0.717) is 18.8 Å². The van der Waals surface area contributed by atoms with Crippen LogP contribution in [0, 0.1) is 11.3 Å². The van der Waals surface area contributed by atoms with Crippen molar-refractivity contribution in [2.24, 2.45) is 0 Å². The Labute approximate surface area is 160 Å². The van der Waals surface area contributed by atoms with Gasteiger partial charge >= 0.3 is 0 Å². The summed E-state index contributed by atoms with van der Waals surface area (Å²) in [5.41, 5.74) is 1.57. The Morgan fingerprint density at radius 2 is 1.70 bits per heavy atom. The third-order valence-corrected chi connectivity index (χ3v) is 5.35. The van der Waals surface area contributed by atoms with Crippen LogP contribution in [0.25, 0.3) is 0 Å². The number of benzene rings is 2. The summed E-state index contributed by atoms with van der Waals surface area (Å²) in [5, 5.41) is 9.25. The number of carbonyl (C=O) groups excluding carboxylic acids is 1. The SMILES string of the molecule is CCN(Cc1ccccc1)C(=O)CCN(c1ccccc1C#N)S(C)(=O)=O. The molecule has 0 fully saturated rings. The van der Waals surface area contributed by atoms with Crippen molar-refractivity contribution in [2.75, 3.05) is 23.7 Å². The van der Waals surface area contributed by atoms with Crippen LogP contribution in [0.3, 0.4) is 0 Å². The molecule has 0 aliphatic heterocycles. The number of carbonyl (C=O) groups is 1. The van der Waals surface area contributed by atoms with E-state index in [1.54, 1.807) is 29.2 Å². The van der Waals surface area contributed by atoms with Crippen molar-refractivity contribution in [2.45, 2.75) is 19.9 Å². The van der Waals surface area contributed by atoms with Crippen LogP contribution in [0.2, 0.25) is 0 Å². The average Bonchev–Trinajstić information content (AvgIpc) is 2.66. The smallest absolute Gasteiger partial charge is 0.232 e. The third kappa shape index (κ3) is 5.56. The maximum atomic E-state index is 12.6. The van der Waals surface area contributed by atoms with Crippen LogP contribution in [0.4, 0.5) is 5.69 Å². The topological polar surface area (TPSA) is 81.5 Å². The summed E-state index contributed by atoms with van der Waals surface area (Å²) in [6.07, 6.45) is 1.11. The second-order valence-electron chi connectivity index (χ2n) is 6.11. The lowest BCUT2D eigenvalue weighted by Gasteiger charge is -2.26. The molecule has 0 heterocycles. The maximum Gasteiger partial charge on any atom is 0.232 e. The highest BCUT2D eigenvalue weighted by molar-refractivity contribution is 7.92. The average molecular weight is 385 g/mol. The van der Waals surface area contributed by atoms with Crippen molar-refractivity contribution < 1.29 is 13.2 Å². The predicted molar refractivity (Wildman–Crippen MR) is 105 cm³/mol. The van der Waals surface area contributed by atoms with Crippen LogP contribution in [0.15, 0.2) is 54.6 Å². The molecule has 0 spiro atoms. The molecule has 0 bridgehead atoms. The van der Waals surface area contributed by atoms with Gasteiger partial charge in [-0.15, -0.1) is 0 Å². The van der Waals surface area contributed by atoms with Gasteiger partial charge in [0, 0.05) is 26.1 Å². The monoisotopic (exact) mass is 385 g/mol. The van der Waals surface area contributed by atoms with Crippen molar-refractivity contribution in [3.05, 3.63) is 65.7 Å². The first-order valence-electron chi connectivity index (χ1n) is 8.65. The molecule has 27 heavy (non-hydrogen) atoms. The minimum absolute atomic E-state index is 0.0123. The molecule has 0 radical (unpaired) electrons. The second kappa shape index (κ2) is 9.19. The van der Waals surface area contributed by atoms with Crippen LogP contribution in [-0.2, 0) is 21.4 Å². The fourth-order valence-corrected chi connectivity index (χ4v) is 3.73. The molecular formula is C20H23N3O3S. The molecule has 0 atom stereocenters. The third-order valence-electron chi connectivity index (χ3n) is 4.17. The highest BCUT2D eigenvalue weighted by atomic mass is 32.2. The summed E-state index contributed by atoms with van der Waals surface area (Å²) in [4.78, 5) is 14.3. The van der Waals surface area contributed by atoms with Gasteiger partial charge in [0.05, 0.1) is 17.5 Å². The first-order chi connectivity index (χ1) is 12.9. The summed E-state index contributed by atoms with van der Waals surface area (Å²) in [6, 6.07) is 18.1. The predicted octanol–water partition coefficient (Wildman–Crippen LogP) is 2.76. The molecule has 0 N–H and O–H groups in total. The lowest BCUT2D eigenvalue weighted by molar-refractivity contribution is -0.131. The number of hydrogen-bond acceptors (Lipinski definition) is 4. The van der Waals surface area contributed by atoms with Gasteiger partial charge in [0.1, 0.15) is 6.07 Å². The van der Waals surface area contributed by atoms with E-state index in [1.165, 1.54) is 0 Å². The second-order valence-corrected chi connectivity index (χ2v) is 8.01. The Bertz CT molecular complexity index is 921. The number of anilines is 1. The van der Waals surface area contributed by atoms with Crippen molar-refractivity contribution in [1.29, 1.82) is 5.26 Å². The Hall–Kier alpha value is -2.85. The first kappa shape index (κ1) is 20.5. The van der Waals surface area contributed by atoms with Gasteiger partial charge in [-0.1, -0.05) is 42.5 Å². The molecule has 2 rings (SSSR count). The summed E-state index contributed by atoms with van der Waals surface area (Å²) in [7, 11) is -3.63. The standard InChI is InChI=1S/C20H23N3O3S/c1-3-22(16-17-9-5-4-6-10-17)20(24)13-14-23(27(2,25)26)19-12-8-7-11-18(19)15-21/h4-12H,3,13-14,16H2,1-2H3.